The number of piperidine rings is 1. The summed E-state index contributed by atoms with van der Waals surface area (Å²) in [5.41, 5.74) is 4.58. The standard InChI is InChI=1S/C20H29NO4S/c1-6-17(18-14(2)16(12-26-18)11-24-13-22)15-7-9-21(10-8-15)19(23)25-20(3,4)5/h12-13H,6-11H2,1-5H3. The first-order valence-electron chi connectivity index (χ1n) is 9.08. The second-order valence-electron chi connectivity index (χ2n) is 7.53. The van der Waals surface area contributed by atoms with Crippen molar-refractivity contribution in [3.8, 4) is 0 Å². The molecule has 2 heterocycles. The van der Waals surface area contributed by atoms with Gasteiger partial charge in [-0.25, -0.2) is 4.79 Å². The Morgan fingerprint density at radius 2 is 1.96 bits per heavy atom. The van der Waals surface area contributed by atoms with Crippen LogP contribution >= 0.6 is 11.3 Å². The highest BCUT2D eigenvalue weighted by Gasteiger charge is 2.26. The molecule has 1 amide bonds. The quantitative estimate of drug-likeness (QED) is 0.681. The van der Waals surface area contributed by atoms with Gasteiger partial charge in [-0.2, -0.15) is 0 Å². The second kappa shape index (κ2) is 8.71. The van der Waals surface area contributed by atoms with Crippen LogP contribution in [0.5, 0.6) is 0 Å². The van der Waals surface area contributed by atoms with Gasteiger partial charge in [-0.05, 0) is 63.5 Å². The van der Waals surface area contributed by atoms with Crippen LogP contribution in [0.3, 0.4) is 0 Å². The van der Waals surface area contributed by atoms with Gasteiger partial charge in [-0.3, -0.25) is 4.79 Å². The Kier molecular flexibility index (Phi) is 6.87. The van der Waals surface area contributed by atoms with Gasteiger partial charge in [-0.15, -0.1) is 11.3 Å². The molecule has 2 rings (SSSR count). The number of ether oxygens (including phenoxy) is 2. The van der Waals surface area contributed by atoms with E-state index in [1.54, 1.807) is 16.2 Å². The number of nitrogens with zero attached hydrogens (tertiary/aromatic N) is 1. The molecule has 0 spiro atoms. The van der Waals surface area contributed by atoms with Gasteiger partial charge in [0.15, 0.2) is 0 Å². The summed E-state index contributed by atoms with van der Waals surface area (Å²) in [6.07, 6.45) is 2.48. The molecule has 26 heavy (non-hydrogen) atoms. The Morgan fingerprint density at radius 1 is 1.31 bits per heavy atom. The molecule has 0 unspecified atom stereocenters. The number of hydrogen-bond donors (Lipinski definition) is 0. The first-order chi connectivity index (χ1) is 12.3. The maximum atomic E-state index is 12.2. The van der Waals surface area contributed by atoms with Crippen molar-refractivity contribution < 1.29 is 19.1 Å². The van der Waals surface area contributed by atoms with Crippen molar-refractivity contribution in [2.75, 3.05) is 13.1 Å². The molecule has 0 bridgehead atoms. The van der Waals surface area contributed by atoms with Gasteiger partial charge in [0.1, 0.15) is 12.2 Å². The third kappa shape index (κ3) is 5.10. The van der Waals surface area contributed by atoms with Gasteiger partial charge in [0.2, 0.25) is 0 Å². The van der Waals surface area contributed by atoms with E-state index < -0.39 is 5.60 Å². The molecule has 1 aliphatic rings. The Balaban J connectivity index is 2.11. The van der Waals surface area contributed by atoms with Crippen molar-refractivity contribution in [1.29, 1.82) is 0 Å². The molecule has 0 radical (unpaired) electrons. The van der Waals surface area contributed by atoms with Gasteiger partial charge >= 0.3 is 6.09 Å². The van der Waals surface area contributed by atoms with Crippen molar-refractivity contribution >= 4 is 29.5 Å². The zero-order valence-electron chi connectivity index (χ0n) is 16.4. The van der Waals surface area contributed by atoms with E-state index in [0.717, 1.165) is 24.8 Å². The van der Waals surface area contributed by atoms with Crippen LogP contribution in [0.2, 0.25) is 0 Å². The highest BCUT2D eigenvalue weighted by molar-refractivity contribution is 7.11. The van der Waals surface area contributed by atoms with Crippen molar-refractivity contribution in [3.63, 3.8) is 0 Å². The van der Waals surface area contributed by atoms with Crippen LogP contribution in [-0.4, -0.2) is 36.2 Å². The van der Waals surface area contributed by atoms with Crippen LogP contribution < -0.4 is 0 Å². The van der Waals surface area contributed by atoms with E-state index in [1.165, 1.54) is 21.6 Å². The minimum atomic E-state index is -0.462. The largest absolute Gasteiger partial charge is 0.463 e. The molecule has 1 saturated heterocycles. The van der Waals surface area contributed by atoms with E-state index in [0.29, 0.717) is 26.2 Å². The number of thiophene rings is 1. The zero-order valence-corrected chi connectivity index (χ0v) is 17.2. The first kappa shape index (κ1) is 20.5. The smallest absolute Gasteiger partial charge is 0.410 e. The zero-order chi connectivity index (χ0) is 19.3. The molecule has 1 aliphatic heterocycles. The Hall–Kier alpha value is -1.82. The predicted molar refractivity (Wildman–Crippen MR) is 104 cm³/mol. The molecule has 1 aromatic heterocycles. The summed E-state index contributed by atoms with van der Waals surface area (Å²) < 4.78 is 10.4. The maximum absolute atomic E-state index is 12.2. The van der Waals surface area contributed by atoms with Crippen LogP contribution in [0, 0.1) is 6.92 Å². The van der Waals surface area contributed by atoms with Gasteiger partial charge < -0.3 is 14.4 Å². The molecule has 144 valence electrons. The summed E-state index contributed by atoms with van der Waals surface area (Å²) in [5.74, 6) is 0. The summed E-state index contributed by atoms with van der Waals surface area (Å²) >= 11 is 1.71. The van der Waals surface area contributed by atoms with Crippen molar-refractivity contribution in [1.82, 2.24) is 4.90 Å². The molecule has 0 saturated carbocycles. The number of carbonyl (C=O) groups is 2. The number of rotatable bonds is 5. The minimum absolute atomic E-state index is 0.227. The van der Waals surface area contributed by atoms with Gasteiger partial charge in [-0.1, -0.05) is 12.5 Å². The average Bonchev–Trinajstić information content (AvgIpc) is 2.94. The van der Waals surface area contributed by atoms with Gasteiger partial charge in [0.05, 0.1) is 0 Å². The van der Waals surface area contributed by atoms with Crippen LogP contribution in [0.4, 0.5) is 4.79 Å². The Labute approximate surface area is 160 Å². The SMILES string of the molecule is CCC(=C1CCN(C(=O)OC(C)(C)C)CC1)c1scc(COC=O)c1C. The molecule has 5 nitrogen and oxygen atoms in total. The first-order valence-corrected chi connectivity index (χ1v) is 9.96. The lowest BCUT2D eigenvalue weighted by molar-refractivity contribution is -0.129. The predicted octanol–water partition coefficient (Wildman–Crippen LogP) is 4.92. The van der Waals surface area contributed by atoms with Crippen LogP contribution in [-0.2, 0) is 20.9 Å². The highest BCUT2D eigenvalue weighted by Crippen LogP contribution is 2.36. The lowest BCUT2D eigenvalue weighted by Gasteiger charge is -2.32. The average molecular weight is 380 g/mol. The van der Waals surface area contributed by atoms with E-state index in [1.807, 2.05) is 20.8 Å². The van der Waals surface area contributed by atoms with Crippen LogP contribution in [0.1, 0.15) is 63.0 Å². The van der Waals surface area contributed by atoms with E-state index in [9.17, 15) is 9.59 Å². The fourth-order valence-electron chi connectivity index (χ4n) is 3.17. The fraction of sp³-hybridized carbons (Fsp3) is 0.600. The third-order valence-corrected chi connectivity index (χ3v) is 5.71. The van der Waals surface area contributed by atoms with E-state index in [2.05, 4.69) is 19.2 Å². The van der Waals surface area contributed by atoms with Crippen LogP contribution in [0.15, 0.2) is 11.0 Å². The summed E-state index contributed by atoms with van der Waals surface area (Å²) in [6.45, 7) is 12.1. The second-order valence-corrected chi connectivity index (χ2v) is 8.40. The molecule has 0 aromatic carbocycles. The van der Waals surface area contributed by atoms with Crippen molar-refractivity contribution in [2.45, 2.75) is 66.1 Å². The maximum Gasteiger partial charge on any atom is 0.410 e. The third-order valence-electron chi connectivity index (χ3n) is 4.52. The van der Waals surface area contributed by atoms with E-state index in [-0.39, 0.29) is 6.09 Å². The van der Waals surface area contributed by atoms with Crippen molar-refractivity contribution in [2.24, 2.45) is 0 Å². The monoisotopic (exact) mass is 379 g/mol. The normalized spacial score (nSPS) is 15.0. The topological polar surface area (TPSA) is 55.8 Å². The Bertz CT molecular complexity index is 674. The lowest BCUT2D eigenvalue weighted by Crippen LogP contribution is -2.40. The summed E-state index contributed by atoms with van der Waals surface area (Å²) in [7, 11) is 0. The number of hydrogen-bond acceptors (Lipinski definition) is 5. The van der Waals surface area contributed by atoms with Gasteiger partial charge in [0.25, 0.3) is 6.47 Å². The molecule has 0 aliphatic carbocycles. The van der Waals surface area contributed by atoms with Crippen LogP contribution in [0.25, 0.3) is 5.57 Å². The highest BCUT2D eigenvalue weighted by atomic mass is 32.1. The van der Waals surface area contributed by atoms with E-state index in [4.69, 9.17) is 9.47 Å². The minimum Gasteiger partial charge on any atom is -0.463 e. The van der Waals surface area contributed by atoms with E-state index >= 15 is 0 Å². The van der Waals surface area contributed by atoms with Gasteiger partial charge in [0, 0.05) is 23.5 Å². The molecule has 1 fully saturated rings. The summed E-state index contributed by atoms with van der Waals surface area (Å²) in [5, 5.41) is 2.07. The van der Waals surface area contributed by atoms with Crippen molar-refractivity contribution in [3.05, 3.63) is 27.0 Å². The Morgan fingerprint density at radius 3 is 2.50 bits per heavy atom. The molecule has 0 atom stereocenters. The fourth-order valence-corrected chi connectivity index (χ4v) is 4.42. The molecular formula is C20H29NO4S. The molecule has 0 N–H and O–H groups in total. The number of carbonyl (C=O) groups excluding carboxylic acids is 2. The molecule has 1 aromatic rings. The summed E-state index contributed by atoms with van der Waals surface area (Å²) in [4.78, 5) is 25.7. The number of amides is 1. The summed E-state index contributed by atoms with van der Waals surface area (Å²) in [6, 6.07) is 0. The lowest BCUT2D eigenvalue weighted by atomic mass is 9.93. The molecule has 6 heteroatoms. The number of likely N-dealkylation sites (tertiary alicyclic amines) is 1. The molecular weight excluding hydrogens is 350 g/mol. The number of allylic oxidation sites excluding steroid dienone is 1.